The molecular weight excluding hydrogens is 306 g/mol. The lowest BCUT2D eigenvalue weighted by atomic mass is 9.92. The monoisotopic (exact) mass is 331 g/mol. The van der Waals surface area contributed by atoms with E-state index >= 15 is 0 Å². The first kappa shape index (κ1) is 16.7. The van der Waals surface area contributed by atoms with Gasteiger partial charge in [0, 0.05) is 51.8 Å². The maximum atomic E-state index is 12.3. The van der Waals surface area contributed by atoms with Crippen molar-refractivity contribution in [2.75, 3.05) is 32.1 Å². The molecule has 2 heterocycles. The summed E-state index contributed by atoms with van der Waals surface area (Å²) in [6.45, 7) is 1.29. The van der Waals surface area contributed by atoms with Crippen molar-refractivity contribution < 1.29 is 9.59 Å². The number of nitrogens with zero attached hydrogens (tertiary/aromatic N) is 4. The van der Waals surface area contributed by atoms with Crippen molar-refractivity contribution in [2.45, 2.75) is 44.6 Å². The SMILES string of the molecule is CN(C)c1ncc2c(n1)CCC[C@@H]2NC(=O)CCN1CCCC1=O. The zero-order valence-corrected chi connectivity index (χ0v) is 14.4. The highest BCUT2D eigenvalue weighted by Gasteiger charge is 2.25. The average molecular weight is 331 g/mol. The second-order valence-electron chi connectivity index (χ2n) is 6.71. The van der Waals surface area contributed by atoms with E-state index in [4.69, 9.17) is 0 Å². The Kier molecular flexibility index (Phi) is 4.97. The molecule has 0 radical (unpaired) electrons. The van der Waals surface area contributed by atoms with E-state index in [0.29, 0.717) is 25.3 Å². The largest absolute Gasteiger partial charge is 0.349 e. The molecule has 130 valence electrons. The molecule has 24 heavy (non-hydrogen) atoms. The van der Waals surface area contributed by atoms with Crippen molar-refractivity contribution in [2.24, 2.45) is 0 Å². The Morgan fingerprint density at radius 2 is 2.21 bits per heavy atom. The van der Waals surface area contributed by atoms with Gasteiger partial charge in [-0.1, -0.05) is 0 Å². The molecule has 2 aliphatic rings. The van der Waals surface area contributed by atoms with Crippen LogP contribution in [0, 0.1) is 0 Å². The molecule has 1 aromatic heterocycles. The Balaban J connectivity index is 1.60. The Bertz CT molecular complexity index is 631. The summed E-state index contributed by atoms with van der Waals surface area (Å²) in [6, 6.07) is -0.0215. The predicted octanol–water partition coefficient (Wildman–Crippen LogP) is 1.05. The van der Waals surface area contributed by atoms with Crippen molar-refractivity contribution in [1.29, 1.82) is 0 Å². The van der Waals surface area contributed by atoms with Crippen LogP contribution < -0.4 is 10.2 Å². The number of nitrogens with one attached hydrogen (secondary N) is 1. The normalized spacial score (nSPS) is 20.0. The second kappa shape index (κ2) is 7.15. The molecule has 1 atom stereocenters. The number of aromatic nitrogens is 2. The summed E-state index contributed by atoms with van der Waals surface area (Å²) in [5, 5.41) is 3.09. The lowest BCUT2D eigenvalue weighted by Gasteiger charge is -2.26. The van der Waals surface area contributed by atoms with Gasteiger partial charge in [0.05, 0.1) is 11.7 Å². The minimum Gasteiger partial charge on any atom is -0.349 e. The van der Waals surface area contributed by atoms with Gasteiger partial charge in [-0.2, -0.15) is 0 Å². The van der Waals surface area contributed by atoms with Gasteiger partial charge in [0.1, 0.15) is 0 Å². The molecule has 0 spiro atoms. The maximum absolute atomic E-state index is 12.3. The molecule has 0 saturated carbocycles. The van der Waals surface area contributed by atoms with Crippen LogP contribution in [0.25, 0.3) is 0 Å². The van der Waals surface area contributed by atoms with Crippen LogP contribution in [-0.2, 0) is 16.0 Å². The molecule has 7 nitrogen and oxygen atoms in total. The van der Waals surface area contributed by atoms with Crippen LogP contribution in [0.5, 0.6) is 0 Å². The summed E-state index contributed by atoms with van der Waals surface area (Å²) in [5.74, 6) is 0.855. The molecule has 1 fully saturated rings. The highest BCUT2D eigenvalue weighted by molar-refractivity contribution is 5.80. The van der Waals surface area contributed by atoms with Crippen molar-refractivity contribution >= 4 is 17.8 Å². The van der Waals surface area contributed by atoms with Crippen molar-refractivity contribution in [3.63, 3.8) is 0 Å². The van der Waals surface area contributed by atoms with Crippen LogP contribution >= 0.6 is 0 Å². The van der Waals surface area contributed by atoms with E-state index in [-0.39, 0.29) is 17.9 Å². The molecule has 1 aromatic rings. The summed E-state index contributed by atoms with van der Waals surface area (Å²) >= 11 is 0. The molecule has 7 heteroatoms. The Labute approximate surface area is 142 Å². The van der Waals surface area contributed by atoms with E-state index in [1.54, 1.807) is 4.90 Å². The summed E-state index contributed by atoms with van der Waals surface area (Å²) in [6.07, 6.45) is 6.55. The highest BCUT2D eigenvalue weighted by atomic mass is 16.2. The zero-order chi connectivity index (χ0) is 17.1. The number of anilines is 1. The Hall–Kier alpha value is -2.18. The van der Waals surface area contributed by atoms with Gasteiger partial charge < -0.3 is 15.1 Å². The average Bonchev–Trinajstić information content (AvgIpc) is 2.98. The van der Waals surface area contributed by atoms with Crippen LogP contribution in [-0.4, -0.2) is 53.9 Å². The third-order valence-corrected chi connectivity index (χ3v) is 4.68. The number of hydrogen-bond acceptors (Lipinski definition) is 5. The number of carbonyl (C=O) groups excluding carboxylic acids is 2. The molecule has 2 amide bonds. The van der Waals surface area contributed by atoms with Crippen LogP contribution in [0.3, 0.4) is 0 Å². The number of carbonyl (C=O) groups is 2. The van der Waals surface area contributed by atoms with Crippen LogP contribution in [0.2, 0.25) is 0 Å². The molecule has 1 saturated heterocycles. The smallest absolute Gasteiger partial charge is 0.225 e. The van der Waals surface area contributed by atoms with Gasteiger partial charge in [-0.3, -0.25) is 9.59 Å². The standard InChI is InChI=1S/C17H25N5O2/c1-21(2)17-18-11-12-13(5-3-6-14(12)20-17)19-15(23)8-10-22-9-4-7-16(22)24/h11,13H,3-10H2,1-2H3,(H,19,23)/t13-/m0/s1. The second-order valence-corrected chi connectivity index (χ2v) is 6.71. The minimum atomic E-state index is -0.0215. The van der Waals surface area contributed by atoms with E-state index < -0.39 is 0 Å². The maximum Gasteiger partial charge on any atom is 0.225 e. The van der Waals surface area contributed by atoms with Crippen molar-refractivity contribution in [3.8, 4) is 0 Å². The molecule has 0 aromatic carbocycles. The number of rotatable bonds is 5. The fourth-order valence-electron chi connectivity index (χ4n) is 3.35. The molecule has 0 bridgehead atoms. The third kappa shape index (κ3) is 3.66. The quantitative estimate of drug-likeness (QED) is 0.872. The molecule has 0 unspecified atom stereocenters. The lowest BCUT2D eigenvalue weighted by Crippen LogP contribution is -2.35. The number of hydrogen-bond donors (Lipinski definition) is 1. The number of amides is 2. The molecule has 1 aliphatic heterocycles. The molecule has 1 N–H and O–H groups in total. The topological polar surface area (TPSA) is 78.4 Å². The Morgan fingerprint density at radius 3 is 2.92 bits per heavy atom. The Morgan fingerprint density at radius 1 is 1.38 bits per heavy atom. The first-order valence-corrected chi connectivity index (χ1v) is 8.65. The molecule has 1 aliphatic carbocycles. The summed E-state index contributed by atoms with van der Waals surface area (Å²) < 4.78 is 0. The number of fused-ring (bicyclic) bond motifs is 1. The first-order valence-electron chi connectivity index (χ1n) is 8.65. The van der Waals surface area contributed by atoms with Gasteiger partial charge in [-0.25, -0.2) is 9.97 Å². The van der Waals surface area contributed by atoms with E-state index in [9.17, 15) is 9.59 Å². The molecular formula is C17H25N5O2. The van der Waals surface area contributed by atoms with E-state index in [0.717, 1.165) is 43.5 Å². The highest BCUT2D eigenvalue weighted by Crippen LogP contribution is 2.29. The lowest BCUT2D eigenvalue weighted by molar-refractivity contribution is -0.128. The summed E-state index contributed by atoms with van der Waals surface area (Å²) in [5.41, 5.74) is 2.05. The van der Waals surface area contributed by atoms with Gasteiger partial charge >= 0.3 is 0 Å². The minimum absolute atomic E-state index is 0.00997. The number of aryl methyl sites for hydroxylation is 1. The van der Waals surface area contributed by atoms with Crippen LogP contribution in [0.4, 0.5) is 5.95 Å². The van der Waals surface area contributed by atoms with E-state index in [2.05, 4.69) is 15.3 Å². The van der Waals surface area contributed by atoms with Gasteiger partial charge in [0.25, 0.3) is 0 Å². The summed E-state index contributed by atoms with van der Waals surface area (Å²) in [4.78, 5) is 36.5. The van der Waals surface area contributed by atoms with Crippen LogP contribution in [0.15, 0.2) is 6.20 Å². The molecule has 3 rings (SSSR count). The fraction of sp³-hybridized carbons (Fsp3) is 0.647. The third-order valence-electron chi connectivity index (χ3n) is 4.68. The fourth-order valence-corrected chi connectivity index (χ4v) is 3.35. The van der Waals surface area contributed by atoms with Gasteiger partial charge in [0.2, 0.25) is 17.8 Å². The van der Waals surface area contributed by atoms with Gasteiger partial charge in [0.15, 0.2) is 0 Å². The van der Waals surface area contributed by atoms with Gasteiger partial charge in [-0.15, -0.1) is 0 Å². The first-order chi connectivity index (χ1) is 11.5. The van der Waals surface area contributed by atoms with E-state index in [1.807, 2.05) is 25.2 Å². The summed E-state index contributed by atoms with van der Waals surface area (Å²) in [7, 11) is 3.84. The van der Waals surface area contributed by atoms with E-state index in [1.165, 1.54) is 0 Å². The predicted molar refractivity (Wildman–Crippen MR) is 90.6 cm³/mol. The number of likely N-dealkylation sites (tertiary alicyclic amines) is 1. The van der Waals surface area contributed by atoms with Gasteiger partial charge in [-0.05, 0) is 25.7 Å². The van der Waals surface area contributed by atoms with Crippen LogP contribution in [0.1, 0.15) is 49.4 Å². The van der Waals surface area contributed by atoms with Crippen molar-refractivity contribution in [1.82, 2.24) is 20.2 Å². The zero-order valence-electron chi connectivity index (χ0n) is 14.4. The van der Waals surface area contributed by atoms with Crippen molar-refractivity contribution in [3.05, 3.63) is 17.5 Å².